The van der Waals surface area contributed by atoms with E-state index < -0.39 is 0 Å². The second-order valence-corrected chi connectivity index (χ2v) is 6.21. The molecule has 138 valence electrons. The highest BCUT2D eigenvalue weighted by Crippen LogP contribution is 2.30. The highest BCUT2D eigenvalue weighted by molar-refractivity contribution is 5.83. The largest absolute Gasteiger partial charge is 0.506 e. The molecule has 0 aliphatic heterocycles. The number of para-hydroxylation sites is 2. The lowest BCUT2D eigenvalue weighted by molar-refractivity contribution is -0.137. The molecule has 2 N–H and O–H groups in total. The van der Waals surface area contributed by atoms with E-state index in [0.29, 0.717) is 18.7 Å². The predicted octanol–water partition coefficient (Wildman–Crippen LogP) is 5.21. The van der Waals surface area contributed by atoms with Crippen LogP contribution in [0.1, 0.15) is 24.9 Å². The van der Waals surface area contributed by atoms with Crippen molar-refractivity contribution >= 4 is 22.4 Å². The Morgan fingerprint density at radius 2 is 1.81 bits per heavy atom. The quantitative estimate of drug-likeness (QED) is 0.345. The molecule has 0 aromatic heterocycles. The van der Waals surface area contributed by atoms with Crippen LogP contribution in [0.4, 0.5) is 5.69 Å². The summed E-state index contributed by atoms with van der Waals surface area (Å²) in [7, 11) is 0. The molecule has 0 heterocycles. The number of phenolic OH excluding ortho intramolecular Hbond substituents is 1. The Kier molecular flexibility index (Phi) is 6.10. The second kappa shape index (κ2) is 8.90. The van der Waals surface area contributed by atoms with Crippen molar-refractivity contribution in [3.05, 3.63) is 84.4 Å². The van der Waals surface area contributed by atoms with Gasteiger partial charge >= 0.3 is 5.97 Å². The summed E-state index contributed by atoms with van der Waals surface area (Å²) in [6.07, 6.45) is 3.82. The monoisotopic (exact) mass is 361 g/mol. The first-order valence-electron chi connectivity index (χ1n) is 9.04. The normalized spacial score (nSPS) is 12.2. The number of ether oxygens (including phenoxy) is 1. The molecule has 0 amide bonds. The van der Waals surface area contributed by atoms with Gasteiger partial charge in [0.15, 0.2) is 0 Å². The molecule has 0 fully saturated rings. The smallest absolute Gasteiger partial charge is 0.330 e. The van der Waals surface area contributed by atoms with Crippen LogP contribution in [-0.2, 0) is 9.53 Å². The number of hydrogen-bond donors (Lipinski definition) is 2. The van der Waals surface area contributed by atoms with Gasteiger partial charge in [-0.1, -0.05) is 54.6 Å². The molecule has 0 bridgehead atoms. The van der Waals surface area contributed by atoms with Gasteiger partial charge in [0.2, 0.25) is 0 Å². The lowest BCUT2D eigenvalue weighted by atomic mass is 9.99. The van der Waals surface area contributed by atoms with Crippen molar-refractivity contribution in [2.75, 3.05) is 11.9 Å². The standard InChI is InChI=1S/C23H23NO3/c1-2-27-23(26)13-7-11-20(24-21-10-5-6-12-22(21)25)19-15-14-17-8-3-4-9-18(17)16-19/h3-10,12-16,20,24-25H,2,11H2,1H3/b13-7+. The maximum absolute atomic E-state index is 11.6. The van der Waals surface area contributed by atoms with E-state index in [1.807, 2.05) is 24.3 Å². The van der Waals surface area contributed by atoms with Crippen LogP contribution < -0.4 is 5.32 Å². The fourth-order valence-electron chi connectivity index (χ4n) is 2.98. The van der Waals surface area contributed by atoms with Gasteiger partial charge in [-0.3, -0.25) is 0 Å². The Bertz CT molecular complexity index is 949. The van der Waals surface area contributed by atoms with E-state index in [1.54, 1.807) is 25.1 Å². The number of benzene rings is 3. The third-order valence-electron chi connectivity index (χ3n) is 4.32. The average molecular weight is 361 g/mol. The van der Waals surface area contributed by atoms with Crippen LogP contribution in [0.5, 0.6) is 5.75 Å². The van der Waals surface area contributed by atoms with Crippen LogP contribution in [-0.4, -0.2) is 17.7 Å². The summed E-state index contributed by atoms with van der Waals surface area (Å²) in [6.45, 7) is 2.14. The summed E-state index contributed by atoms with van der Waals surface area (Å²) in [6, 6.07) is 21.5. The van der Waals surface area contributed by atoms with Crippen molar-refractivity contribution in [2.24, 2.45) is 0 Å². The molecular weight excluding hydrogens is 338 g/mol. The Balaban J connectivity index is 1.87. The molecular formula is C23H23NO3. The van der Waals surface area contributed by atoms with Gasteiger partial charge in [0, 0.05) is 6.08 Å². The van der Waals surface area contributed by atoms with E-state index in [-0.39, 0.29) is 17.8 Å². The predicted molar refractivity (Wildman–Crippen MR) is 109 cm³/mol. The zero-order valence-corrected chi connectivity index (χ0v) is 15.3. The van der Waals surface area contributed by atoms with Crippen LogP contribution in [0.2, 0.25) is 0 Å². The second-order valence-electron chi connectivity index (χ2n) is 6.21. The first-order valence-corrected chi connectivity index (χ1v) is 9.04. The summed E-state index contributed by atoms with van der Waals surface area (Å²) in [5.41, 5.74) is 1.73. The molecule has 27 heavy (non-hydrogen) atoms. The number of phenols is 1. The Hall–Kier alpha value is -3.27. The molecule has 1 unspecified atom stereocenters. The minimum atomic E-state index is -0.350. The fourth-order valence-corrected chi connectivity index (χ4v) is 2.98. The molecule has 3 aromatic rings. The molecule has 3 rings (SSSR count). The molecule has 3 aromatic carbocycles. The summed E-state index contributed by atoms with van der Waals surface area (Å²) in [5.74, 6) is -0.157. The van der Waals surface area contributed by atoms with Crippen molar-refractivity contribution in [1.29, 1.82) is 0 Å². The van der Waals surface area contributed by atoms with Gasteiger partial charge in [-0.2, -0.15) is 0 Å². The van der Waals surface area contributed by atoms with E-state index in [4.69, 9.17) is 4.74 Å². The minimum absolute atomic E-state index is 0.103. The van der Waals surface area contributed by atoms with Crippen molar-refractivity contribution < 1.29 is 14.6 Å². The summed E-state index contributed by atoms with van der Waals surface area (Å²) < 4.78 is 4.94. The van der Waals surface area contributed by atoms with Gasteiger partial charge in [0.25, 0.3) is 0 Å². The summed E-state index contributed by atoms with van der Waals surface area (Å²) >= 11 is 0. The lowest BCUT2D eigenvalue weighted by Crippen LogP contribution is -2.10. The molecule has 0 saturated heterocycles. The zero-order chi connectivity index (χ0) is 19.1. The minimum Gasteiger partial charge on any atom is -0.506 e. The number of carbonyl (C=O) groups is 1. The fraction of sp³-hybridized carbons (Fsp3) is 0.174. The molecule has 0 saturated carbocycles. The van der Waals surface area contributed by atoms with Gasteiger partial charge < -0.3 is 15.2 Å². The molecule has 0 aliphatic carbocycles. The molecule has 0 radical (unpaired) electrons. The SMILES string of the molecule is CCOC(=O)/C=C/CC(Nc1ccccc1O)c1ccc2ccccc2c1. The number of aromatic hydroxyl groups is 1. The Morgan fingerprint density at radius 3 is 2.59 bits per heavy atom. The molecule has 0 spiro atoms. The number of nitrogens with one attached hydrogen (secondary N) is 1. The molecule has 4 nitrogen and oxygen atoms in total. The van der Waals surface area contributed by atoms with Crippen LogP contribution in [0.15, 0.2) is 78.9 Å². The lowest BCUT2D eigenvalue weighted by Gasteiger charge is -2.20. The van der Waals surface area contributed by atoms with E-state index in [2.05, 4.69) is 35.6 Å². The topological polar surface area (TPSA) is 58.6 Å². The van der Waals surface area contributed by atoms with Gasteiger partial charge in [-0.05, 0) is 47.9 Å². The van der Waals surface area contributed by atoms with Crippen LogP contribution in [0.3, 0.4) is 0 Å². The van der Waals surface area contributed by atoms with E-state index in [9.17, 15) is 9.90 Å². The number of carbonyl (C=O) groups excluding carboxylic acids is 1. The van der Waals surface area contributed by atoms with Gasteiger partial charge in [0.1, 0.15) is 5.75 Å². The Morgan fingerprint density at radius 1 is 1.07 bits per heavy atom. The highest BCUT2D eigenvalue weighted by atomic mass is 16.5. The van der Waals surface area contributed by atoms with Crippen LogP contribution in [0, 0.1) is 0 Å². The number of fused-ring (bicyclic) bond motifs is 1. The van der Waals surface area contributed by atoms with Crippen molar-refractivity contribution in [3.63, 3.8) is 0 Å². The highest BCUT2D eigenvalue weighted by Gasteiger charge is 2.13. The first kappa shape index (κ1) is 18.5. The van der Waals surface area contributed by atoms with E-state index in [0.717, 1.165) is 10.9 Å². The van der Waals surface area contributed by atoms with Crippen LogP contribution in [0.25, 0.3) is 10.8 Å². The number of esters is 1. The van der Waals surface area contributed by atoms with E-state index >= 15 is 0 Å². The van der Waals surface area contributed by atoms with Crippen molar-refractivity contribution in [3.8, 4) is 5.75 Å². The summed E-state index contributed by atoms with van der Waals surface area (Å²) in [5, 5.41) is 15.8. The van der Waals surface area contributed by atoms with Gasteiger partial charge in [-0.25, -0.2) is 4.79 Å². The molecule has 1 atom stereocenters. The van der Waals surface area contributed by atoms with Crippen molar-refractivity contribution in [2.45, 2.75) is 19.4 Å². The summed E-state index contributed by atoms with van der Waals surface area (Å²) in [4.78, 5) is 11.6. The zero-order valence-electron chi connectivity index (χ0n) is 15.3. The van der Waals surface area contributed by atoms with Gasteiger partial charge in [0.05, 0.1) is 18.3 Å². The molecule has 0 aliphatic rings. The molecule has 4 heteroatoms. The van der Waals surface area contributed by atoms with E-state index in [1.165, 1.54) is 11.5 Å². The number of anilines is 1. The third-order valence-corrected chi connectivity index (χ3v) is 4.32. The van der Waals surface area contributed by atoms with Crippen molar-refractivity contribution in [1.82, 2.24) is 0 Å². The van der Waals surface area contributed by atoms with Gasteiger partial charge in [-0.15, -0.1) is 0 Å². The average Bonchev–Trinajstić information content (AvgIpc) is 2.68. The number of hydrogen-bond acceptors (Lipinski definition) is 4. The van der Waals surface area contributed by atoms with Crippen LogP contribution >= 0.6 is 0 Å². The maximum atomic E-state index is 11.6. The third kappa shape index (κ3) is 4.88. The maximum Gasteiger partial charge on any atom is 0.330 e. The Labute approximate surface area is 159 Å². The first-order chi connectivity index (χ1) is 13.2. The number of rotatable bonds is 7.